The van der Waals surface area contributed by atoms with Crippen molar-refractivity contribution < 1.29 is 19.8 Å². The molecule has 1 rings (SSSR count). The number of carbonyl (C=O) groups is 2. The van der Waals surface area contributed by atoms with Gasteiger partial charge in [0.15, 0.2) is 0 Å². The first-order valence-corrected chi connectivity index (χ1v) is 6.75. The lowest BCUT2D eigenvalue weighted by molar-refractivity contribution is -0.140. The van der Waals surface area contributed by atoms with E-state index < -0.39 is 23.2 Å². The van der Waals surface area contributed by atoms with Crippen LogP contribution in [0.1, 0.15) is 40.5 Å². The van der Waals surface area contributed by atoms with Gasteiger partial charge in [0.2, 0.25) is 5.91 Å². The molecule has 0 aromatic heterocycles. The van der Waals surface area contributed by atoms with Gasteiger partial charge in [-0.05, 0) is 23.7 Å². The third-order valence-electron chi connectivity index (χ3n) is 4.13. The van der Waals surface area contributed by atoms with Gasteiger partial charge < -0.3 is 15.5 Å². The smallest absolute Gasteiger partial charge is 0.307 e. The van der Waals surface area contributed by atoms with Crippen molar-refractivity contribution in [3.63, 3.8) is 0 Å². The van der Waals surface area contributed by atoms with Gasteiger partial charge in [-0.15, -0.1) is 0 Å². The first-order chi connectivity index (χ1) is 8.63. The molecule has 2 atom stereocenters. The Morgan fingerprint density at radius 1 is 1.26 bits per heavy atom. The van der Waals surface area contributed by atoms with E-state index >= 15 is 0 Å². The molecule has 0 bridgehead atoms. The molecule has 2 unspecified atom stereocenters. The number of carboxylic acid groups (broad SMARTS) is 1. The fourth-order valence-electron chi connectivity index (χ4n) is 2.67. The fourth-order valence-corrected chi connectivity index (χ4v) is 2.67. The van der Waals surface area contributed by atoms with Crippen molar-refractivity contribution in [2.45, 2.75) is 40.5 Å². The number of aliphatic hydroxyl groups is 1. The third kappa shape index (κ3) is 3.69. The molecule has 5 nitrogen and oxygen atoms in total. The number of aliphatic carboxylic acids is 1. The molecule has 0 heterocycles. The summed E-state index contributed by atoms with van der Waals surface area (Å²) in [7, 11) is 0. The van der Waals surface area contributed by atoms with Crippen LogP contribution in [0.2, 0.25) is 0 Å². The maximum Gasteiger partial charge on any atom is 0.307 e. The molecule has 0 radical (unpaired) electrons. The molecule has 1 amide bonds. The molecule has 3 N–H and O–H groups in total. The predicted molar refractivity (Wildman–Crippen MR) is 71.5 cm³/mol. The van der Waals surface area contributed by atoms with Crippen molar-refractivity contribution in [1.29, 1.82) is 0 Å². The van der Waals surface area contributed by atoms with E-state index in [2.05, 4.69) is 5.32 Å². The quantitative estimate of drug-likeness (QED) is 0.650. The molecule has 110 valence electrons. The third-order valence-corrected chi connectivity index (χ3v) is 4.13. The summed E-state index contributed by atoms with van der Waals surface area (Å²) in [6.07, 6.45) is 1.52. The molecule has 0 aromatic carbocycles. The molecule has 1 fully saturated rings. The highest BCUT2D eigenvalue weighted by Crippen LogP contribution is 2.58. The van der Waals surface area contributed by atoms with Gasteiger partial charge in [0.1, 0.15) is 0 Å². The van der Waals surface area contributed by atoms with E-state index in [0.717, 1.165) is 6.42 Å². The van der Waals surface area contributed by atoms with E-state index in [1.54, 1.807) is 0 Å². The van der Waals surface area contributed by atoms with E-state index in [0.29, 0.717) is 13.0 Å². The van der Waals surface area contributed by atoms with Crippen LogP contribution in [0.3, 0.4) is 0 Å². The van der Waals surface area contributed by atoms with Gasteiger partial charge >= 0.3 is 5.97 Å². The van der Waals surface area contributed by atoms with Crippen LogP contribution in [-0.4, -0.2) is 35.2 Å². The molecule has 1 aliphatic rings. The standard InChI is InChI=1S/C14H25NO4/c1-13(2,6-5-7-16)8-15-11(17)9-10(12(18)19)14(9,3)4/h9-10,16H,5-8H2,1-4H3,(H,15,17)(H,18,19). The van der Waals surface area contributed by atoms with E-state index in [1.807, 2.05) is 27.7 Å². The van der Waals surface area contributed by atoms with Gasteiger partial charge in [-0.2, -0.15) is 0 Å². The summed E-state index contributed by atoms with van der Waals surface area (Å²) in [6.45, 7) is 8.32. The number of nitrogens with one attached hydrogen (secondary N) is 1. The van der Waals surface area contributed by atoms with E-state index in [1.165, 1.54) is 0 Å². The second kappa shape index (κ2) is 5.49. The SMILES string of the molecule is CC(C)(CCCO)CNC(=O)C1C(C(=O)O)C1(C)C. The van der Waals surface area contributed by atoms with Gasteiger partial charge in [0.05, 0.1) is 11.8 Å². The van der Waals surface area contributed by atoms with Gasteiger partial charge in [0.25, 0.3) is 0 Å². The van der Waals surface area contributed by atoms with E-state index in [-0.39, 0.29) is 17.9 Å². The maximum atomic E-state index is 12.0. The van der Waals surface area contributed by atoms with Crippen LogP contribution in [-0.2, 0) is 9.59 Å². The van der Waals surface area contributed by atoms with Crippen LogP contribution >= 0.6 is 0 Å². The van der Waals surface area contributed by atoms with Gasteiger partial charge in [0, 0.05) is 13.2 Å². The summed E-state index contributed by atoms with van der Waals surface area (Å²) in [5.41, 5.74) is -0.540. The molecular formula is C14H25NO4. The average molecular weight is 271 g/mol. The Balaban J connectivity index is 2.47. The highest BCUT2D eigenvalue weighted by Gasteiger charge is 2.65. The Bertz CT molecular complexity index is 362. The minimum absolute atomic E-state index is 0.0872. The number of hydrogen-bond donors (Lipinski definition) is 3. The molecule has 0 saturated heterocycles. The van der Waals surface area contributed by atoms with Crippen molar-refractivity contribution >= 4 is 11.9 Å². The Hall–Kier alpha value is -1.10. The second-order valence-corrected chi connectivity index (χ2v) is 6.82. The lowest BCUT2D eigenvalue weighted by Gasteiger charge is -2.24. The zero-order chi connectivity index (χ0) is 14.8. The Morgan fingerprint density at radius 2 is 1.84 bits per heavy atom. The molecule has 1 saturated carbocycles. The topological polar surface area (TPSA) is 86.6 Å². The first-order valence-electron chi connectivity index (χ1n) is 6.75. The highest BCUT2D eigenvalue weighted by atomic mass is 16.4. The summed E-state index contributed by atoms with van der Waals surface area (Å²) in [6, 6.07) is 0. The highest BCUT2D eigenvalue weighted by molar-refractivity contribution is 5.91. The molecule has 0 spiro atoms. The molecule has 1 aliphatic carbocycles. The molecule has 0 aliphatic heterocycles. The van der Waals surface area contributed by atoms with Crippen LogP contribution in [0.5, 0.6) is 0 Å². The number of aliphatic hydroxyl groups excluding tert-OH is 1. The molecule has 19 heavy (non-hydrogen) atoms. The van der Waals surface area contributed by atoms with Crippen LogP contribution in [0.25, 0.3) is 0 Å². The summed E-state index contributed by atoms with van der Waals surface area (Å²) in [5.74, 6) is -2.08. The maximum absolute atomic E-state index is 12.0. The number of rotatable bonds is 7. The summed E-state index contributed by atoms with van der Waals surface area (Å²) >= 11 is 0. The fraction of sp³-hybridized carbons (Fsp3) is 0.857. The number of amides is 1. The number of hydrogen-bond acceptors (Lipinski definition) is 3. The zero-order valence-corrected chi connectivity index (χ0v) is 12.2. The van der Waals surface area contributed by atoms with E-state index in [4.69, 9.17) is 10.2 Å². The predicted octanol–water partition coefficient (Wildman–Crippen LogP) is 1.26. The Labute approximate surface area is 114 Å². The Kier molecular flexibility index (Phi) is 4.61. The number of carboxylic acids is 1. The lowest BCUT2D eigenvalue weighted by Crippen LogP contribution is -2.36. The zero-order valence-electron chi connectivity index (χ0n) is 12.2. The largest absolute Gasteiger partial charge is 0.481 e. The van der Waals surface area contributed by atoms with Gasteiger partial charge in [-0.3, -0.25) is 9.59 Å². The first kappa shape index (κ1) is 16.0. The van der Waals surface area contributed by atoms with Crippen molar-refractivity contribution in [1.82, 2.24) is 5.32 Å². The summed E-state index contributed by atoms with van der Waals surface area (Å²) in [4.78, 5) is 23.1. The van der Waals surface area contributed by atoms with Crippen LogP contribution < -0.4 is 5.32 Å². The minimum atomic E-state index is -0.898. The van der Waals surface area contributed by atoms with Gasteiger partial charge in [-0.25, -0.2) is 0 Å². The average Bonchev–Trinajstić information content (AvgIpc) is 2.87. The van der Waals surface area contributed by atoms with Crippen molar-refractivity contribution in [3.05, 3.63) is 0 Å². The minimum Gasteiger partial charge on any atom is -0.481 e. The molecule has 5 heteroatoms. The van der Waals surface area contributed by atoms with Crippen molar-refractivity contribution in [2.75, 3.05) is 13.2 Å². The summed E-state index contributed by atoms with van der Waals surface area (Å²) in [5, 5.41) is 20.7. The lowest BCUT2D eigenvalue weighted by atomic mass is 9.88. The van der Waals surface area contributed by atoms with Crippen molar-refractivity contribution in [2.24, 2.45) is 22.7 Å². The van der Waals surface area contributed by atoms with Crippen molar-refractivity contribution in [3.8, 4) is 0 Å². The van der Waals surface area contributed by atoms with Crippen LogP contribution in [0, 0.1) is 22.7 Å². The molecular weight excluding hydrogens is 246 g/mol. The van der Waals surface area contributed by atoms with Crippen LogP contribution in [0.15, 0.2) is 0 Å². The monoisotopic (exact) mass is 271 g/mol. The van der Waals surface area contributed by atoms with Gasteiger partial charge in [-0.1, -0.05) is 27.7 Å². The second-order valence-electron chi connectivity index (χ2n) is 6.82. The Morgan fingerprint density at radius 3 is 2.26 bits per heavy atom. The van der Waals surface area contributed by atoms with Crippen LogP contribution in [0.4, 0.5) is 0 Å². The number of carbonyl (C=O) groups excluding carboxylic acids is 1. The molecule has 0 aromatic rings. The van der Waals surface area contributed by atoms with E-state index in [9.17, 15) is 9.59 Å². The summed E-state index contributed by atoms with van der Waals surface area (Å²) < 4.78 is 0. The normalized spacial score (nSPS) is 24.9.